The van der Waals surface area contributed by atoms with Crippen molar-refractivity contribution in [3.05, 3.63) is 62.9 Å². The van der Waals surface area contributed by atoms with E-state index in [0.29, 0.717) is 31.1 Å². The average Bonchev–Trinajstić information content (AvgIpc) is 3.42. The SMILES string of the molecule is Cc1cc2nc(N)c3c(c2cc1C(=O)N(Cc1ccc(Br)cn1)C1CC1)COC3. The van der Waals surface area contributed by atoms with Crippen molar-refractivity contribution in [3.8, 4) is 0 Å². The Hall–Kier alpha value is -2.51. The zero-order valence-corrected chi connectivity index (χ0v) is 17.7. The van der Waals surface area contributed by atoms with Crippen molar-refractivity contribution < 1.29 is 9.53 Å². The van der Waals surface area contributed by atoms with Gasteiger partial charge in [-0.15, -0.1) is 0 Å². The first kappa shape index (κ1) is 18.5. The molecule has 2 aromatic heterocycles. The molecule has 0 spiro atoms. The molecule has 2 N–H and O–H groups in total. The van der Waals surface area contributed by atoms with Gasteiger partial charge in [0.05, 0.1) is 31.0 Å². The van der Waals surface area contributed by atoms with Crippen LogP contribution >= 0.6 is 15.9 Å². The fourth-order valence-electron chi connectivity index (χ4n) is 3.93. The molecular formula is C22H21BrN4O2. The molecule has 0 bridgehead atoms. The lowest BCUT2D eigenvalue weighted by atomic mass is 9.98. The van der Waals surface area contributed by atoms with E-state index in [2.05, 4.69) is 25.9 Å². The summed E-state index contributed by atoms with van der Waals surface area (Å²) in [6.07, 6.45) is 3.85. The first-order chi connectivity index (χ1) is 14.0. The number of carbonyl (C=O) groups excluding carboxylic acids is 1. The van der Waals surface area contributed by atoms with E-state index in [-0.39, 0.29) is 11.9 Å². The maximum absolute atomic E-state index is 13.5. The summed E-state index contributed by atoms with van der Waals surface area (Å²) in [5.74, 6) is 0.561. The van der Waals surface area contributed by atoms with Gasteiger partial charge in [-0.2, -0.15) is 0 Å². The number of ether oxygens (including phenoxy) is 1. The number of carbonyl (C=O) groups is 1. The van der Waals surface area contributed by atoms with Crippen LogP contribution in [0.25, 0.3) is 10.9 Å². The number of benzene rings is 1. The van der Waals surface area contributed by atoms with E-state index in [4.69, 9.17) is 10.5 Å². The second-order valence-electron chi connectivity index (χ2n) is 7.76. The standard InChI is InChI=1S/C22H21BrN4O2/c1-12-6-20-17(18-10-29-11-19(18)21(24)26-20)7-16(12)22(28)27(15-4-5-15)9-14-3-2-13(23)8-25-14/h2-3,6-8,15H,4-5,9-11H2,1H3,(H2,24,26). The fraction of sp³-hybridized carbons (Fsp3) is 0.318. The number of aromatic nitrogens is 2. The highest BCUT2D eigenvalue weighted by Gasteiger charge is 2.34. The maximum atomic E-state index is 13.5. The van der Waals surface area contributed by atoms with Crippen molar-refractivity contribution in [3.63, 3.8) is 0 Å². The zero-order valence-electron chi connectivity index (χ0n) is 16.1. The Balaban J connectivity index is 1.54. The molecule has 7 heteroatoms. The first-order valence-electron chi connectivity index (χ1n) is 9.72. The van der Waals surface area contributed by atoms with Gasteiger partial charge in [-0.3, -0.25) is 9.78 Å². The lowest BCUT2D eigenvalue weighted by Crippen LogP contribution is -2.33. The van der Waals surface area contributed by atoms with Crippen molar-refractivity contribution in [1.82, 2.24) is 14.9 Å². The lowest BCUT2D eigenvalue weighted by Gasteiger charge is -2.23. The summed E-state index contributed by atoms with van der Waals surface area (Å²) in [7, 11) is 0. The van der Waals surface area contributed by atoms with Crippen LogP contribution in [0.15, 0.2) is 34.9 Å². The molecule has 148 valence electrons. The highest BCUT2D eigenvalue weighted by molar-refractivity contribution is 9.10. The van der Waals surface area contributed by atoms with Crippen molar-refractivity contribution in [1.29, 1.82) is 0 Å². The van der Waals surface area contributed by atoms with Crippen molar-refractivity contribution in [2.75, 3.05) is 5.73 Å². The van der Waals surface area contributed by atoms with Gasteiger partial charge in [-0.25, -0.2) is 4.98 Å². The molecular weight excluding hydrogens is 432 g/mol. The van der Waals surface area contributed by atoms with Gasteiger partial charge in [0.2, 0.25) is 0 Å². The summed E-state index contributed by atoms with van der Waals surface area (Å²) in [6.45, 7) is 3.45. The molecule has 1 aliphatic carbocycles. The number of rotatable bonds is 4. The normalized spacial score (nSPS) is 15.5. The van der Waals surface area contributed by atoms with E-state index in [0.717, 1.165) is 50.6 Å². The van der Waals surface area contributed by atoms with E-state index >= 15 is 0 Å². The Labute approximate surface area is 177 Å². The summed E-state index contributed by atoms with van der Waals surface area (Å²) in [4.78, 5) is 24.5. The average molecular weight is 453 g/mol. The quantitative estimate of drug-likeness (QED) is 0.643. The van der Waals surface area contributed by atoms with Crippen LogP contribution in [-0.2, 0) is 24.5 Å². The molecule has 1 aromatic carbocycles. The Kier molecular flexibility index (Phi) is 4.52. The lowest BCUT2D eigenvalue weighted by molar-refractivity contribution is 0.0727. The third-order valence-electron chi connectivity index (χ3n) is 5.67. The molecule has 0 atom stereocenters. The fourth-order valence-corrected chi connectivity index (χ4v) is 4.17. The van der Waals surface area contributed by atoms with Crippen LogP contribution in [0, 0.1) is 6.92 Å². The minimum absolute atomic E-state index is 0.0427. The van der Waals surface area contributed by atoms with Crippen LogP contribution in [0.4, 0.5) is 5.82 Å². The van der Waals surface area contributed by atoms with Gasteiger partial charge in [0.1, 0.15) is 5.82 Å². The van der Waals surface area contributed by atoms with E-state index in [1.165, 1.54) is 0 Å². The number of amides is 1. The molecule has 3 heterocycles. The number of hydrogen-bond acceptors (Lipinski definition) is 5. The molecule has 1 fully saturated rings. The van der Waals surface area contributed by atoms with E-state index in [1.54, 1.807) is 6.20 Å². The number of hydrogen-bond donors (Lipinski definition) is 1. The number of nitrogens with two attached hydrogens (primary N) is 1. The highest BCUT2D eigenvalue weighted by atomic mass is 79.9. The molecule has 3 aromatic rings. The second-order valence-corrected chi connectivity index (χ2v) is 8.68. The highest BCUT2D eigenvalue weighted by Crippen LogP contribution is 2.34. The summed E-state index contributed by atoms with van der Waals surface area (Å²) in [5, 5.41) is 0.957. The van der Waals surface area contributed by atoms with Gasteiger partial charge in [-0.1, -0.05) is 0 Å². The predicted octanol–water partition coefficient (Wildman–Crippen LogP) is 4.12. The number of aryl methyl sites for hydroxylation is 1. The third kappa shape index (κ3) is 3.38. The van der Waals surface area contributed by atoms with Gasteiger partial charge in [0.25, 0.3) is 5.91 Å². The molecule has 1 aliphatic heterocycles. The number of nitrogen functional groups attached to an aromatic ring is 1. The number of pyridine rings is 2. The molecule has 0 radical (unpaired) electrons. The molecule has 29 heavy (non-hydrogen) atoms. The van der Waals surface area contributed by atoms with Gasteiger partial charge in [-0.05, 0) is 71.1 Å². The van der Waals surface area contributed by atoms with Crippen LogP contribution in [0.5, 0.6) is 0 Å². The molecule has 0 unspecified atom stereocenters. The Morgan fingerprint density at radius 3 is 2.79 bits per heavy atom. The molecule has 5 rings (SSSR count). The second kappa shape index (κ2) is 7.07. The van der Waals surface area contributed by atoms with Crippen LogP contribution in [0.1, 0.15) is 45.6 Å². The molecule has 2 aliphatic rings. The summed E-state index contributed by atoms with van der Waals surface area (Å²) >= 11 is 3.41. The number of nitrogens with zero attached hydrogens (tertiary/aromatic N) is 3. The Bertz CT molecular complexity index is 1130. The van der Waals surface area contributed by atoms with E-state index in [1.807, 2.05) is 36.1 Å². The number of anilines is 1. The van der Waals surface area contributed by atoms with E-state index < -0.39 is 0 Å². The van der Waals surface area contributed by atoms with Crippen molar-refractivity contribution >= 4 is 38.6 Å². The van der Waals surface area contributed by atoms with Crippen LogP contribution in [-0.4, -0.2) is 26.8 Å². The largest absolute Gasteiger partial charge is 0.383 e. The smallest absolute Gasteiger partial charge is 0.254 e. The summed E-state index contributed by atoms with van der Waals surface area (Å²) in [5.41, 5.74) is 11.4. The molecule has 0 saturated heterocycles. The molecule has 6 nitrogen and oxygen atoms in total. The summed E-state index contributed by atoms with van der Waals surface area (Å²) < 4.78 is 6.52. The minimum atomic E-state index is 0.0427. The van der Waals surface area contributed by atoms with Crippen LogP contribution in [0.2, 0.25) is 0 Å². The topological polar surface area (TPSA) is 81.3 Å². The predicted molar refractivity (Wildman–Crippen MR) is 114 cm³/mol. The number of fused-ring (bicyclic) bond motifs is 3. The Morgan fingerprint density at radius 2 is 2.07 bits per heavy atom. The van der Waals surface area contributed by atoms with Crippen LogP contribution < -0.4 is 5.73 Å². The summed E-state index contributed by atoms with van der Waals surface area (Å²) in [6, 6.07) is 8.12. The van der Waals surface area contributed by atoms with Crippen molar-refractivity contribution in [2.45, 2.75) is 45.6 Å². The van der Waals surface area contributed by atoms with Crippen LogP contribution in [0.3, 0.4) is 0 Å². The minimum Gasteiger partial charge on any atom is -0.383 e. The van der Waals surface area contributed by atoms with Gasteiger partial charge in [0.15, 0.2) is 0 Å². The van der Waals surface area contributed by atoms with Gasteiger partial charge >= 0.3 is 0 Å². The maximum Gasteiger partial charge on any atom is 0.254 e. The monoisotopic (exact) mass is 452 g/mol. The Morgan fingerprint density at radius 1 is 1.28 bits per heavy atom. The van der Waals surface area contributed by atoms with E-state index in [9.17, 15) is 4.79 Å². The number of halogens is 1. The van der Waals surface area contributed by atoms with Crippen molar-refractivity contribution in [2.24, 2.45) is 0 Å². The first-order valence-corrected chi connectivity index (χ1v) is 10.5. The van der Waals surface area contributed by atoms with Gasteiger partial charge in [0, 0.05) is 33.2 Å². The van der Waals surface area contributed by atoms with Gasteiger partial charge < -0.3 is 15.4 Å². The molecule has 1 amide bonds. The molecule has 1 saturated carbocycles. The zero-order chi connectivity index (χ0) is 20.1. The third-order valence-corrected chi connectivity index (χ3v) is 6.14.